The van der Waals surface area contributed by atoms with Crippen LogP contribution in [0.4, 0.5) is 0 Å². The molecule has 2 aliphatic rings. The van der Waals surface area contributed by atoms with Gasteiger partial charge in [-0.3, -0.25) is 8.80 Å². The maximum atomic E-state index is 6.50. The van der Waals surface area contributed by atoms with Gasteiger partial charge in [0.15, 0.2) is 0 Å². The number of nitrogens with zero attached hydrogens (tertiary/aromatic N) is 4. The number of aromatic nitrogens is 4. The molecule has 186 valence electrons. The summed E-state index contributed by atoms with van der Waals surface area (Å²) in [7, 11) is 0. The molecule has 0 saturated carbocycles. The highest BCUT2D eigenvalue weighted by Gasteiger charge is 2.23. The van der Waals surface area contributed by atoms with E-state index in [1.807, 2.05) is 24.5 Å². The van der Waals surface area contributed by atoms with Gasteiger partial charge in [0.2, 0.25) is 0 Å². The number of hydrogen-bond donors (Lipinski definition) is 0. The van der Waals surface area contributed by atoms with Crippen LogP contribution in [0.5, 0.6) is 11.5 Å². The third-order valence-corrected chi connectivity index (χ3v) is 8.64. The van der Waals surface area contributed by atoms with Crippen LogP contribution in [0.3, 0.4) is 0 Å². The van der Waals surface area contributed by atoms with Gasteiger partial charge in [0.05, 0.1) is 11.2 Å². The number of aryl methyl sites for hydroxylation is 3. The van der Waals surface area contributed by atoms with Crippen molar-refractivity contribution in [3.8, 4) is 11.5 Å². The molecule has 0 fully saturated rings. The van der Waals surface area contributed by atoms with Crippen LogP contribution in [0.25, 0.3) is 55.4 Å². The molecule has 2 aliphatic heterocycles. The fraction of sp³-hybridized carbons (Fsp3) is 0.118. The minimum atomic E-state index is 0.774. The van der Waals surface area contributed by atoms with Crippen molar-refractivity contribution in [1.82, 2.24) is 18.8 Å². The van der Waals surface area contributed by atoms with Gasteiger partial charge in [-0.05, 0) is 84.0 Å². The zero-order chi connectivity index (χ0) is 25.8. The molecular formula is C34H24N4O. The van der Waals surface area contributed by atoms with Gasteiger partial charge in [-0.1, -0.05) is 37.4 Å². The van der Waals surface area contributed by atoms with Gasteiger partial charge in [-0.15, -0.1) is 0 Å². The summed E-state index contributed by atoms with van der Waals surface area (Å²) in [4.78, 5) is 9.67. The van der Waals surface area contributed by atoms with Crippen LogP contribution in [0.15, 0.2) is 80.1 Å². The van der Waals surface area contributed by atoms with Crippen LogP contribution in [0.1, 0.15) is 34.6 Å². The zero-order valence-corrected chi connectivity index (χ0v) is 21.4. The Morgan fingerprint density at radius 2 is 1.41 bits per heavy atom. The first-order valence-electron chi connectivity index (χ1n) is 13.5. The van der Waals surface area contributed by atoms with Crippen molar-refractivity contribution in [1.29, 1.82) is 0 Å². The van der Waals surface area contributed by atoms with Crippen molar-refractivity contribution in [3.05, 3.63) is 108 Å². The number of allylic oxidation sites excluding steroid dienone is 1. The van der Waals surface area contributed by atoms with E-state index < -0.39 is 0 Å². The minimum absolute atomic E-state index is 0.774. The first kappa shape index (κ1) is 21.1. The molecule has 0 spiro atoms. The second-order valence-corrected chi connectivity index (χ2v) is 10.7. The van der Waals surface area contributed by atoms with Crippen LogP contribution in [0, 0.1) is 0 Å². The largest absolute Gasteiger partial charge is 0.457 e. The molecule has 0 radical (unpaired) electrons. The molecule has 9 rings (SSSR count). The Hall–Kier alpha value is -4.90. The summed E-state index contributed by atoms with van der Waals surface area (Å²) >= 11 is 0. The normalized spacial score (nSPS) is 14.4. The quantitative estimate of drug-likeness (QED) is 0.230. The Balaban J connectivity index is 1.23. The molecule has 6 heterocycles. The van der Waals surface area contributed by atoms with Gasteiger partial charge < -0.3 is 4.74 Å². The monoisotopic (exact) mass is 504 g/mol. The van der Waals surface area contributed by atoms with E-state index >= 15 is 0 Å². The second-order valence-electron chi connectivity index (χ2n) is 10.7. The summed E-state index contributed by atoms with van der Waals surface area (Å²) in [5.41, 5.74) is 10.5. The van der Waals surface area contributed by atoms with E-state index in [1.165, 1.54) is 33.2 Å². The lowest BCUT2D eigenvalue weighted by Gasteiger charge is -2.21. The van der Waals surface area contributed by atoms with Gasteiger partial charge in [-0.2, -0.15) is 0 Å². The number of fused-ring (bicyclic) bond motifs is 5. The third-order valence-electron chi connectivity index (χ3n) is 8.64. The molecule has 0 atom stereocenters. The van der Waals surface area contributed by atoms with Crippen molar-refractivity contribution in [2.45, 2.75) is 25.7 Å². The van der Waals surface area contributed by atoms with Crippen LogP contribution >= 0.6 is 0 Å². The summed E-state index contributed by atoms with van der Waals surface area (Å²) in [6.07, 6.45) is 9.92. The van der Waals surface area contributed by atoms with Gasteiger partial charge in [0.1, 0.15) is 22.8 Å². The van der Waals surface area contributed by atoms with E-state index in [-0.39, 0.29) is 0 Å². The smallest absolute Gasteiger partial charge is 0.145 e. The molecule has 3 aromatic carbocycles. The SMILES string of the molecule is C=Cc1c2n3c(cnc3c3cc(Oc4ccc5c(c4)c4ncc6n4c4c(cccc54)CC6)ccc13)CCC2=C. The predicted octanol–water partition coefficient (Wildman–Crippen LogP) is 7.93. The van der Waals surface area contributed by atoms with Crippen LogP contribution < -0.4 is 4.74 Å². The lowest BCUT2D eigenvalue weighted by Crippen LogP contribution is -2.09. The van der Waals surface area contributed by atoms with Crippen molar-refractivity contribution < 1.29 is 4.74 Å². The predicted molar refractivity (Wildman–Crippen MR) is 158 cm³/mol. The Morgan fingerprint density at radius 1 is 0.718 bits per heavy atom. The van der Waals surface area contributed by atoms with E-state index in [2.05, 4.69) is 70.5 Å². The number of para-hydroxylation sites is 1. The Morgan fingerprint density at radius 3 is 2.21 bits per heavy atom. The average molecular weight is 505 g/mol. The molecule has 7 aromatic rings. The highest BCUT2D eigenvalue weighted by Crippen LogP contribution is 2.40. The van der Waals surface area contributed by atoms with Crippen molar-refractivity contribution in [2.75, 3.05) is 0 Å². The number of pyridine rings is 2. The topological polar surface area (TPSA) is 43.8 Å². The second kappa shape index (κ2) is 7.35. The maximum Gasteiger partial charge on any atom is 0.145 e. The Bertz CT molecular complexity index is 2250. The van der Waals surface area contributed by atoms with E-state index in [9.17, 15) is 0 Å². The molecule has 5 nitrogen and oxygen atoms in total. The van der Waals surface area contributed by atoms with E-state index in [0.29, 0.717) is 0 Å². The lowest BCUT2D eigenvalue weighted by atomic mass is 9.94. The average Bonchev–Trinajstić information content (AvgIpc) is 3.60. The van der Waals surface area contributed by atoms with Gasteiger partial charge in [0, 0.05) is 45.5 Å². The summed E-state index contributed by atoms with van der Waals surface area (Å²) in [6.45, 7) is 8.49. The molecule has 39 heavy (non-hydrogen) atoms. The summed E-state index contributed by atoms with van der Waals surface area (Å²) < 4.78 is 11.1. The van der Waals surface area contributed by atoms with Gasteiger partial charge in [-0.25, -0.2) is 9.97 Å². The number of benzene rings is 3. The van der Waals surface area contributed by atoms with Crippen LogP contribution in [-0.2, 0) is 19.3 Å². The lowest BCUT2D eigenvalue weighted by molar-refractivity contribution is 0.484. The molecule has 0 saturated heterocycles. The van der Waals surface area contributed by atoms with Gasteiger partial charge >= 0.3 is 0 Å². The Labute approximate surface area is 224 Å². The molecule has 4 aromatic heterocycles. The fourth-order valence-corrected chi connectivity index (χ4v) is 6.89. The molecule has 0 unspecified atom stereocenters. The minimum Gasteiger partial charge on any atom is -0.457 e. The molecule has 5 heteroatoms. The summed E-state index contributed by atoms with van der Waals surface area (Å²) in [5, 5.41) is 5.73. The standard InChI is InChI=1S/C34H24N4O/c1-3-25-26-13-11-23(15-29(26)33-35-17-21-9-7-19(2)31(25)37(21)33)39-24-12-14-27-28-6-4-5-20-8-10-22-18-36-34(30(27)16-24)38(22)32(20)28/h3-6,11-18H,1-2,7-10H2. The van der Waals surface area contributed by atoms with Crippen LogP contribution in [-0.4, -0.2) is 18.8 Å². The highest BCUT2D eigenvalue weighted by molar-refractivity contribution is 6.13. The zero-order valence-electron chi connectivity index (χ0n) is 21.4. The molecule has 0 N–H and O–H groups in total. The van der Waals surface area contributed by atoms with E-state index in [4.69, 9.17) is 14.7 Å². The molecule has 0 amide bonds. The van der Waals surface area contributed by atoms with Crippen molar-refractivity contribution in [3.63, 3.8) is 0 Å². The highest BCUT2D eigenvalue weighted by atomic mass is 16.5. The third kappa shape index (κ3) is 2.69. The summed E-state index contributed by atoms with van der Waals surface area (Å²) in [5.74, 6) is 1.56. The number of rotatable bonds is 3. The fourth-order valence-electron chi connectivity index (χ4n) is 6.89. The number of hydrogen-bond acceptors (Lipinski definition) is 3. The summed E-state index contributed by atoms with van der Waals surface area (Å²) in [6, 6.07) is 19.3. The van der Waals surface area contributed by atoms with Crippen molar-refractivity contribution in [2.24, 2.45) is 0 Å². The first-order chi connectivity index (χ1) is 19.2. The van der Waals surface area contributed by atoms with E-state index in [0.717, 1.165) is 81.5 Å². The molecule has 0 aliphatic carbocycles. The maximum absolute atomic E-state index is 6.50. The van der Waals surface area contributed by atoms with E-state index in [1.54, 1.807) is 0 Å². The number of ether oxygens (including phenoxy) is 1. The molecular weight excluding hydrogens is 480 g/mol. The van der Waals surface area contributed by atoms with Gasteiger partial charge in [0.25, 0.3) is 0 Å². The van der Waals surface area contributed by atoms with Crippen LogP contribution in [0.2, 0.25) is 0 Å². The number of imidazole rings is 2. The Kier molecular flexibility index (Phi) is 3.97. The molecule has 0 bridgehead atoms. The van der Waals surface area contributed by atoms with Crippen molar-refractivity contribution >= 4 is 55.4 Å². The first-order valence-corrected chi connectivity index (χ1v) is 13.5.